The molecule has 0 saturated heterocycles. The summed E-state index contributed by atoms with van der Waals surface area (Å²) in [5.74, 6) is -3.19. The first-order valence-electron chi connectivity index (χ1n) is 8.26. The number of rotatable bonds is 8. The molecular formula is C19H18FN3O4S. The number of amides is 2. The largest absolute Gasteiger partial charge is 0.341 e. The molecule has 0 bridgehead atoms. The maximum atomic E-state index is 13.3. The maximum Gasteiger partial charge on any atom is 0.251 e. The van der Waals surface area contributed by atoms with E-state index in [0.717, 1.165) is 6.07 Å². The van der Waals surface area contributed by atoms with Gasteiger partial charge < -0.3 is 10.6 Å². The van der Waals surface area contributed by atoms with Crippen LogP contribution in [0.2, 0.25) is 0 Å². The average molecular weight is 403 g/mol. The summed E-state index contributed by atoms with van der Waals surface area (Å²) in [4.78, 5) is 24.6. The van der Waals surface area contributed by atoms with Crippen molar-refractivity contribution in [2.45, 2.75) is 11.8 Å². The van der Waals surface area contributed by atoms with Crippen LogP contribution < -0.4 is 10.6 Å². The number of carbonyl (C=O) groups is 2. The van der Waals surface area contributed by atoms with E-state index in [2.05, 4.69) is 10.6 Å². The highest BCUT2D eigenvalue weighted by molar-refractivity contribution is 7.90. The Labute approximate surface area is 162 Å². The molecule has 0 heterocycles. The smallest absolute Gasteiger partial charge is 0.251 e. The van der Waals surface area contributed by atoms with Crippen LogP contribution >= 0.6 is 0 Å². The summed E-state index contributed by atoms with van der Waals surface area (Å²) in [6.45, 7) is -0.333. The molecule has 0 aromatic heterocycles. The monoisotopic (exact) mass is 403 g/mol. The van der Waals surface area contributed by atoms with Crippen LogP contribution in [-0.4, -0.2) is 38.6 Å². The molecule has 2 amide bonds. The van der Waals surface area contributed by atoms with E-state index in [9.17, 15) is 22.4 Å². The SMILES string of the molecule is N#CCNC(=O)C(CS(=O)(=O)Cc1cccc(F)c1)NC(=O)c1ccccc1. The second-order valence-corrected chi connectivity index (χ2v) is 8.06. The Balaban J connectivity index is 2.17. The molecule has 0 aliphatic rings. The van der Waals surface area contributed by atoms with E-state index in [1.807, 2.05) is 0 Å². The summed E-state index contributed by atoms with van der Waals surface area (Å²) >= 11 is 0. The Hall–Kier alpha value is -3.25. The highest BCUT2D eigenvalue weighted by Crippen LogP contribution is 2.10. The minimum Gasteiger partial charge on any atom is -0.341 e. The molecule has 2 aromatic carbocycles. The van der Waals surface area contributed by atoms with E-state index < -0.39 is 45.0 Å². The lowest BCUT2D eigenvalue weighted by molar-refractivity contribution is -0.122. The minimum absolute atomic E-state index is 0.227. The van der Waals surface area contributed by atoms with Gasteiger partial charge >= 0.3 is 0 Å². The molecule has 2 N–H and O–H groups in total. The van der Waals surface area contributed by atoms with Gasteiger partial charge in [0.15, 0.2) is 9.84 Å². The van der Waals surface area contributed by atoms with Crippen molar-refractivity contribution in [1.29, 1.82) is 5.26 Å². The van der Waals surface area contributed by atoms with Crippen molar-refractivity contribution in [3.63, 3.8) is 0 Å². The number of hydrogen-bond donors (Lipinski definition) is 2. The van der Waals surface area contributed by atoms with E-state index in [0.29, 0.717) is 0 Å². The fourth-order valence-electron chi connectivity index (χ4n) is 2.46. The van der Waals surface area contributed by atoms with Crippen LogP contribution in [0.3, 0.4) is 0 Å². The summed E-state index contributed by atoms with van der Waals surface area (Å²) < 4.78 is 38.3. The van der Waals surface area contributed by atoms with Crippen LogP contribution in [0.4, 0.5) is 4.39 Å². The third-order valence-electron chi connectivity index (χ3n) is 3.70. The summed E-state index contributed by atoms with van der Waals surface area (Å²) in [6, 6.07) is 13.4. The molecule has 2 aromatic rings. The number of halogens is 1. The van der Waals surface area contributed by atoms with Crippen molar-refractivity contribution < 1.29 is 22.4 Å². The van der Waals surface area contributed by atoms with Crippen LogP contribution in [0.5, 0.6) is 0 Å². The van der Waals surface area contributed by atoms with Gasteiger partial charge in [0, 0.05) is 5.56 Å². The van der Waals surface area contributed by atoms with E-state index in [1.54, 1.807) is 24.3 Å². The Morgan fingerprint density at radius 1 is 1.11 bits per heavy atom. The predicted molar refractivity (Wildman–Crippen MR) is 100 cm³/mol. The first-order chi connectivity index (χ1) is 13.3. The van der Waals surface area contributed by atoms with Crippen LogP contribution in [0.1, 0.15) is 15.9 Å². The van der Waals surface area contributed by atoms with Gasteiger partial charge in [-0.1, -0.05) is 30.3 Å². The molecular weight excluding hydrogens is 385 g/mol. The number of benzene rings is 2. The van der Waals surface area contributed by atoms with Gasteiger partial charge in [-0.25, -0.2) is 12.8 Å². The highest BCUT2D eigenvalue weighted by Gasteiger charge is 2.27. The second kappa shape index (κ2) is 9.62. The van der Waals surface area contributed by atoms with Gasteiger partial charge in [-0.3, -0.25) is 9.59 Å². The standard InChI is InChI=1S/C19H18FN3O4S/c20-16-8-4-5-14(11-16)12-28(26,27)13-17(19(25)22-10-9-21)23-18(24)15-6-2-1-3-7-15/h1-8,11,17H,10,12-13H2,(H,22,25)(H,23,24). The number of carbonyl (C=O) groups excluding carboxylic acids is 2. The quantitative estimate of drug-likeness (QED) is 0.642. The van der Waals surface area contributed by atoms with Gasteiger partial charge in [-0.2, -0.15) is 5.26 Å². The maximum absolute atomic E-state index is 13.3. The molecule has 0 fully saturated rings. The van der Waals surface area contributed by atoms with Crippen molar-refractivity contribution in [1.82, 2.24) is 10.6 Å². The highest BCUT2D eigenvalue weighted by atomic mass is 32.2. The number of nitrogens with one attached hydrogen (secondary N) is 2. The van der Waals surface area contributed by atoms with E-state index in [-0.39, 0.29) is 17.7 Å². The number of hydrogen-bond acceptors (Lipinski definition) is 5. The molecule has 1 unspecified atom stereocenters. The molecule has 9 heteroatoms. The molecule has 0 radical (unpaired) electrons. The van der Waals surface area contributed by atoms with E-state index in [4.69, 9.17) is 5.26 Å². The summed E-state index contributed by atoms with van der Waals surface area (Å²) in [6.07, 6.45) is 0. The third-order valence-corrected chi connectivity index (χ3v) is 5.31. The molecule has 2 rings (SSSR count). The van der Waals surface area contributed by atoms with Crippen LogP contribution in [0, 0.1) is 17.1 Å². The molecule has 0 saturated carbocycles. The Kier molecular flexibility index (Phi) is 7.23. The molecule has 7 nitrogen and oxygen atoms in total. The van der Waals surface area contributed by atoms with Crippen molar-refractivity contribution in [3.05, 3.63) is 71.5 Å². The lowest BCUT2D eigenvalue weighted by Crippen LogP contribution is -2.50. The van der Waals surface area contributed by atoms with E-state index >= 15 is 0 Å². The average Bonchev–Trinajstić information content (AvgIpc) is 2.65. The fourth-order valence-corrected chi connectivity index (χ4v) is 4.01. The Morgan fingerprint density at radius 2 is 1.82 bits per heavy atom. The van der Waals surface area contributed by atoms with Gasteiger partial charge in [-0.15, -0.1) is 0 Å². The normalized spacial score (nSPS) is 11.9. The van der Waals surface area contributed by atoms with Crippen molar-refractivity contribution in [2.75, 3.05) is 12.3 Å². The van der Waals surface area contributed by atoms with Gasteiger partial charge in [0.05, 0.1) is 17.6 Å². The van der Waals surface area contributed by atoms with Gasteiger partial charge in [-0.05, 0) is 29.8 Å². The summed E-state index contributed by atoms with van der Waals surface area (Å²) in [5, 5.41) is 13.2. The van der Waals surface area contributed by atoms with Gasteiger partial charge in [0.25, 0.3) is 5.91 Å². The van der Waals surface area contributed by atoms with Crippen molar-refractivity contribution in [3.8, 4) is 6.07 Å². The fraction of sp³-hybridized carbons (Fsp3) is 0.211. The predicted octanol–water partition coefficient (Wildman–Crippen LogP) is 1.18. The number of sulfone groups is 1. The van der Waals surface area contributed by atoms with Crippen molar-refractivity contribution >= 4 is 21.7 Å². The second-order valence-electron chi connectivity index (χ2n) is 5.95. The van der Waals surface area contributed by atoms with Gasteiger partial charge in [0.1, 0.15) is 18.4 Å². The third kappa shape index (κ3) is 6.48. The van der Waals surface area contributed by atoms with Crippen molar-refractivity contribution in [2.24, 2.45) is 0 Å². The first-order valence-corrected chi connectivity index (χ1v) is 10.1. The molecule has 28 heavy (non-hydrogen) atoms. The van der Waals surface area contributed by atoms with Crippen LogP contribution in [-0.2, 0) is 20.4 Å². The lowest BCUT2D eigenvalue weighted by Gasteiger charge is -2.18. The molecule has 1 atom stereocenters. The number of nitrogens with zero attached hydrogens (tertiary/aromatic N) is 1. The van der Waals surface area contributed by atoms with E-state index in [1.165, 1.54) is 30.3 Å². The zero-order chi connectivity index (χ0) is 20.6. The summed E-state index contributed by atoms with van der Waals surface area (Å²) in [7, 11) is -3.87. The zero-order valence-corrected chi connectivity index (χ0v) is 15.6. The van der Waals surface area contributed by atoms with Gasteiger partial charge in [0.2, 0.25) is 5.91 Å². The van der Waals surface area contributed by atoms with Crippen LogP contribution in [0.15, 0.2) is 54.6 Å². The topological polar surface area (TPSA) is 116 Å². The van der Waals surface area contributed by atoms with Crippen LogP contribution in [0.25, 0.3) is 0 Å². The molecule has 0 spiro atoms. The molecule has 0 aliphatic carbocycles. The minimum atomic E-state index is -3.87. The molecule has 146 valence electrons. The lowest BCUT2D eigenvalue weighted by atomic mass is 10.2. The molecule has 0 aliphatic heterocycles. The first kappa shape index (κ1) is 21.1. The Bertz CT molecular complexity index is 988. The number of nitriles is 1. The Morgan fingerprint density at radius 3 is 2.46 bits per heavy atom. The zero-order valence-electron chi connectivity index (χ0n) is 14.8. The summed E-state index contributed by atoms with van der Waals surface area (Å²) in [5.41, 5.74) is 0.480.